The van der Waals surface area contributed by atoms with Crippen molar-refractivity contribution in [3.63, 3.8) is 0 Å². The molecule has 0 fully saturated rings. The topological polar surface area (TPSA) is 103 Å². The molecule has 1 aromatic rings. The van der Waals surface area contributed by atoms with Crippen molar-refractivity contribution in [3.05, 3.63) is 44.0 Å². The van der Waals surface area contributed by atoms with Crippen LogP contribution in [0.15, 0.2) is 18.2 Å². The van der Waals surface area contributed by atoms with Crippen LogP contribution in [0.1, 0.15) is 36.0 Å². The van der Waals surface area contributed by atoms with Crippen LogP contribution < -0.4 is 0 Å². The van der Waals surface area contributed by atoms with Crippen LogP contribution in [0, 0.1) is 20.2 Å². The van der Waals surface area contributed by atoms with Crippen LogP contribution >= 0.6 is 11.6 Å². The smallest absolute Gasteiger partial charge is 0.294 e. The summed E-state index contributed by atoms with van der Waals surface area (Å²) in [5.41, 5.74) is -1.61. The second-order valence-electron chi connectivity index (χ2n) is 4.11. The summed E-state index contributed by atoms with van der Waals surface area (Å²) in [6.07, 6.45) is 2.15. The molecule has 1 rings (SSSR count). The fourth-order valence-electron chi connectivity index (χ4n) is 1.79. The number of halogens is 1. The summed E-state index contributed by atoms with van der Waals surface area (Å²) in [6.45, 7) is 0. The SMILES string of the molecule is O=C(CCCCCCl)c1cccc([N+](=O)[O-])c1[N+](=O)[O-]. The van der Waals surface area contributed by atoms with Crippen molar-refractivity contribution in [2.45, 2.75) is 25.7 Å². The van der Waals surface area contributed by atoms with Gasteiger partial charge in [-0.2, -0.15) is 0 Å². The van der Waals surface area contributed by atoms with E-state index in [1.54, 1.807) is 0 Å². The average molecular weight is 301 g/mol. The van der Waals surface area contributed by atoms with E-state index >= 15 is 0 Å². The molecule has 0 amide bonds. The molecule has 108 valence electrons. The fraction of sp³-hybridized carbons (Fsp3) is 0.417. The highest BCUT2D eigenvalue weighted by molar-refractivity contribution is 6.17. The van der Waals surface area contributed by atoms with Crippen LogP contribution in [-0.2, 0) is 0 Å². The molecule has 0 bridgehead atoms. The Bertz CT molecular complexity index is 533. The third-order valence-corrected chi connectivity index (χ3v) is 3.00. The number of unbranched alkanes of at least 4 members (excludes halogenated alkanes) is 2. The summed E-state index contributed by atoms with van der Waals surface area (Å²) in [5.74, 6) is 0.0282. The number of alkyl halides is 1. The van der Waals surface area contributed by atoms with Crippen LogP contribution in [0.4, 0.5) is 11.4 Å². The first kappa shape index (κ1) is 16.0. The standard InChI is InChI=1S/C12H13ClN2O5/c13-8-3-1-2-7-11(16)9-5-4-6-10(14(17)18)12(9)15(19)20/h4-6H,1-3,7-8H2. The van der Waals surface area contributed by atoms with Gasteiger partial charge in [0.2, 0.25) is 0 Å². The summed E-state index contributed by atoms with van der Waals surface area (Å²) in [6, 6.07) is 3.54. The van der Waals surface area contributed by atoms with Crippen LogP contribution in [0.25, 0.3) is 0 Å². The van der Waals surface area contributed by atoms with E-state index in [4.69, 9.17) is 11.6 Å². The molecule has 0 saturated carbocycles. The first-order valence-electron chi connectivity index (χ1n) is 6.00. The first-order valence-corrected chi connectivity index (χ1v) is 6.53. The number of benzene rings is 1. The van der Waals surface area contributed by atoms with Crippen LogP contribution in [-0.4, -0.2) is 21.5 Å². The quantitative estimate of drug-likeness (QED) is 0.240. The number of ketones is 1. The molecule has 0 N–H and O–H groups in total. The molecule has 0 aliphatic carbocycles. The lowest BCUT2D eigenvalue weighted by Crippen LogP contribution is -2.06. The molecule has 0 saturated heterocycles. The molecule has 0 radical (unpaired) electrons. The number of para-hydroxylation sites is 1. The van der Waals surface area contributed by atoms with Crippen molar-refractivity contribution >= 4 is 28.8 Å². The molecule has 8 heteroatoms. The maximum atomic E-state index is 11.9. The number of rotatable bonds is 8. The fourth-order valence-corrected chi connectivity index (χ4v) is 1.98. The predicted molar refractivity (Wildman–Crippen MR) is 73.3 cm³/mol. The molecular formula is C12H13ClN2O5. The van der Waals surface area contributed by atoms with E-state index in [-0.39, 0.29) is 12.0 Å². The number of nitrogens with zero attached hydrogens (tertiary/aromatic N) is 2. The first-order chi connectivity index (χ1) is 9.49. The van der Waals surface area contributed by atoms with Gasteiger partial charge in [0.05, 0.1) is 9.85 Å². The van der Waals surface area contributed by atoms with Crippen LogP contribution in [0.5, 0.6) is 0 Å². The second-order valence-corrected chi connectivity index (χ2v) is 4.49. The molecule has 0 unspecified atom stereocenters. The highest BCUT2D eigenvalue weighted by atomic mass is 35.5. The van der Waals surface area contributed by atoms with Crippen molar-refractivity contribution in [2.75, 3.05) is 5.88 Å². The monoisotopic (exact) mass is 300 g/mol. The van der Waals surface area contributed by atoms with Gasteiger partial charge in [-0.25, -0.2) is 0 Å². The highest BCUT2D eigenvalue weighted by Crippen LogP contribution is 2.31. The minimum atomic E-state index is -0.885. The molecule has 20 heavy (non-hydrogen) atoms. The molecule has 0 spiro atoms. The van der Waals surface area contributed by atoms with Gasteiger partial charge in [-0.3, -0.25) is 25.0 Å². The minimum Gasteiger partial charge on any atom is -0.294 e. The maximum Gasteiger partial charge on any atom is 0.356 e. The number of nitro groups is 2. The number of hydrogen-bond donors (Lipinski definition) is 0. The van der Waals surface area contributed by atoms with E-state index in [2.05, 4.69) is 0 Å². The molecule has 0 atom stereocenters. The Kier molecular flexibility index (Phi) is 6.05. The van der Waals surface area contributed by atoms with Gasteiger partial charge < -0.3 is 0 Å². The Balaban J connectivity index is 2.99. The number of Topliss-reactive ketones (excluding diaryl/α,β-unsaturated/α-hetero) is 1. The van der Waals surface area contributed by atoms with Gasteiger partial charge in [0.25, 0.3) is 0 Å². The summed E-state index contributed by atoms with van der Waals surface area (Å²) in [5, 5.41) is 21.7. The van der Waals surface area contributed by atoms with Crippen molar-refractivity contribution in [2.24, 2.45) is 0 Å². The van der Waals surface area contributed by atoms with Crippen molar-refractivity contribution in [1.29, 1.82) is 0 Å². The molecule has 1 aromatic carbocycles. The Morgan fingerprint density at radius 1 is 1.10 bits per heavy atom. The highest BCUT2D eigenvalue weighted by Gasteiger charge is 2.30. The second kappa shape index (κ2) is 7.54. The van der Waals surface area contributed by atoms with E-state index in [0.29, 0.717) is 12.3 Å². The lowest BCUT2D eigenvalue weighted by Gasteiger charge is -2.03. The Morgan fingerprint density at radius 2 is 1.80 bits per heavy atom. The minimum absolute atomic E-state index is 0.110. The van der Waals surface area contributed by atoms with E-state index in [1.807, 2.05) is 0 Å². The molecule has 7 nitrogen and oxygen atoms in total. The zero-order valence-electron chi connectivity index (χ0n) is 10.6. The van der Waals surface area contributed by atoms with E-state index in [0.717, 1.165) is 18.9 Å². The molecule has 0 aliphatic rings. The summed E-state index contributed by atoms with van der Waals surface area (Å²) >= 11 is 5.51. The molecule has 0 aliphatic heterocycles. The zero-order valence-corrected chi connectivity index (χ0v) is 11.3. The van der Waals surface area contributed by atoms with Crippen LogP contribution in [0.2, 0.25) is 0 Å². The zero-order chi connectivity index (χ0) is 15.1. The van der Waals surface area contributed by atoms with Gasteiger partial charge >= 0.3 is 11.4 Å². The lowest BCUT2D eigenvalue weighted by atomic mass is 10.0. The van der Waals surface area contributed by atoms with Crippen LogP contribution in [0.3, 0.4) is 0 Å². The maximum absolute atomic E-state index is 11.9. The average Bonchev–Trinajstić information content (AvgIpc) is 2.42. The van der Waals surface area contributed by atoms with Gasteiger partial charge in [-0.15, -0.1) is 11.6 Å². The van der Waals surface area contributed by atoms with Crippen molar-refractivity contribution < 1.29 is 14.6 Å². The number of carbonyl (C=O) groups is 1. The number of hydrogen-bond acceptors (Lipinski definition) is 5. The molecular weight excluding hydrogens is 288 g/mol. The molecule has 0 aromatic heterocycles. The Labute approximate surface area is 119 Å². The van der Waals surface area contributed by atoms with Gasteiger partial charge in [0, 0.05) is 18.4 Å². The van der Waals surface area contributed by atoms with Crippen molar-refractivity contribution in [3.8, 4) is 0 Å². The third kappa shape index (κ3) is 3.99. The number of carbonyl (C=O) groups excluding carboxylic acids is 1. The number of nitro benzene ring substituents is 2. The largest absolute Gasteiger partial charge is 0.356 e. The normalized spacial score (nSPS) is 10.2. The summed E-state index contributed by atoms with van der Waals surface area (Å²) in [7, 11) is 0. The van der Waals surface area contributed by atoms with Gasteiger partial charge in [0.15, 0.2) is 5.78 Å². The molecule has 0 heterocycles. The lowest BCUT2D eigenvalue weighted by molar-refractivity contribution is -0.422. The van der Waals surface area contributed by atoms with E-state index in [1.165, 1.54) is 12.1 Å². The van der Waals surface area contributed by atoms with E-state index in [9.17, 15) is 25.0 Å². The van der Waals surface area contributed by atoms with Gasteiger partial charge in [-0.1, -0.05) is 12.5 Å². The van der Waals surface area contributed by atoms with Gasteiger partial charge in [0.1, 0.15) is 5.56 Å². The van der Waals surface area contributed by atoms with Crippen molar-refractivity contribution in [1.82, 2.24) is 0 Å². The van der Waals surface area contributed by atoms with Gasteiger partial charge in [-0.05, 0) is 18.9 Å². The summed E-state index contributed by atoms with van der Waals surface area (Å²) in [4.78, 5) is 31.9. The summed E-state index contributed by atoms with van der Waals surface area (Å²) < 4.78 is 0. The predicted octanol–water partition coefficient (Wildman–Crippen LogP) is 3.48. The van der Waals surface area contributed by atoms with E-state index < -0.39 is 27.0 Å². The third-order valence-electron chi connectivity index (χ3n) is 2.73. The Hall–Kier alpha value is -2.02. The Morgan fingerprint density at radius 3 is 2.35 bits per heavy atom.